The highest BCUT2D eigenvalue weighted by molar-refractivity contribution is 7.18. The number of rotatable bonds is 8. The molecule has 6 nitrogen and oxygen atoms in total. The smallest absolute Gasteiger partial charge is 0.264 e. The number of hydrogen-bond acceptors (Lipinski definition) is 6. The van der Waals surface area contributed by atoms with E-state index in [0.29, 0.717) is 26.3 Å². The molecule has 1 atom stereocenters. The monoisotopic (exact) mass is 492 g/mol. The van der Waals surface area contributed by atoms with Gasteiger partial charge in [-0.25, -0.2) is 0 Å². The average Bonchev–Trinajstić information content (AvgIpc) is 3.59. The molecule has 0 N–H and O–H groups in total. The van der Waals surface area contributed by atoms with E-state index < -0.39 is 0 Å². The fourth-order valence-electron chi connectivity index (χ4n) is 4.71. The minimum atomic E-state index is 0.0463. The molecule has 1 amide bonds. The van der Waals surface area contributed by atoms with Gasteiger partial charge < -0.3 is 24.0 Å². The van der Waals surface area contributed by atoms with Crippen molar-refractivity contribution >= 4 is 22.2 Å². The van der Waals surface area contributed by atoms with Crippen molar-refractivity contribution in [2.45, 2.75) is 25.5 Å². The molecule has 3 heterocycles. The van der Waals surface area contributed by atoms with E-state index in [4.69, 9.17) is 14.2 Å². The van der Waals surface area contributed by atoms with Gasteiger partial charge in [0.25, 0.3) is 5.91 Å². The molecule has 1 unspecified atom stereocenters. The van der Waals surface area contributed by atoms with Crippen molar-refractivity contribution < 1.29 is 19.0 Å². The number of methoxy groups -OCH3 is 1. The lowest BCUT2D eigenvalue weighted by Gasteiger charge is -2.28. The molecular formula is C28H32N2O4S. The number of morpholine rings is 1. The van der Waals surface area contributed by atoms with Crippen LogP contribution in [0, 0.1) is 0 Å². The Morgan fingerprint density at radius 2 is 1.91 bits per heavy atom. The van der Waals surface area contributed by atoms with Crippen LogP contribution in [0.2, 0.25) is 0 Å². The molecule has 0 saturated carbocycles. The number of nitrogens with zero attached hydrogens (tertiary/aromatic N) is 2. The molecule has 7 heteroatoms. The largest absolute Gasteiger partial charge is 0.497 e. The summed E-state index contributed by atoms with van der Waals surface area (Å²) in [5.41, 5.74) is 3.28. The van der Waals surface area contributed by atoms with Crippen LogP contribution in [-0.4, -0.2) is 63.5 Å². The van der Waals surface area contributed by atoms with Crippen LogP contribution in [0.25, 0.3) is 11.1 Å². The van der Waals surface area contributed by atoms with E-state index in [1.165, 1.54) is 0 Å². The minimum absolute atomic E-state index is 0.0463. The summed E-state index contributed by atoms with van der Waals surface area (Å²) in [4.78, 5) is 19.0. The number of ether oxygens (including phenoxy) is 3. The lowest BCUT2D eigenvalue weighted by atomic mass is 10.1. The van der Waals surface area contributed by atoms with Gasteiger partial charge in [-0.1, -0.05) is 42.5 Å². The second-order valence-corrected chi connectivity index (χ2v) is 10.00. The lowest BCUT2D eigenvalue weighted by molar-refractivity contribution is 0.0511. The predicted octanol–water partition coefficient (Wildman–Crippen LogP) is 5.08. The summed E-state index contributed by atoms with van der Waals surface area (Å²) in [6.07, 6.45) is 2.11. The number of carbonyl (C=O) groups is 1. The van der Waals surface area contributed by atoms with E-state index in [2.05, 4.69) is 23.1 Å². The molecule has 3 aromatic rings. The van der Waals surface area contributed by atoms with Crippen LogP contribution in [0.3, 0.4) is 0 Å². The summed E-state index contributed by atoms with van der Waals surface area (Å²) in [5.74, 6) is 0.842. The SMILES string of the molecule is COc1cccc(CN(CC2CCCO2)C(=O)c2cc(-c3ccccc3)c(N3CCOCC3)s2)c1. The van der Waals surface area contributed by atoms with E-state index in [1.54, 1.807) is 18.4 Å². The Morgan fingerprint density at radius 1 is 1.09 bits per heavy atom. The highest BCUT2D eigenvalue weighted by atomic mass is 32.1. The Kier molecular flexibility index (Phi) is 7.66. The van der Waals surface area contributed by atoms with Gasteiger partial charge in [-0.05, 0) is 42.2 Å². The van der Waals surface area contributed by atoms with Gasteiger partial charge in [0.15, 0.2) is 0 Å². The van der Waals surface area contributed by atoms with Gasteiger partial charge in [0.1, 0.15) is 5.75 Å². The zero-order chi connectivity index (χ0) is 24.0. The van der Waals surface area contributed by atoms with Crippen molar-refractivity contribution in [2.24, 2.45) is 0 Å². The first-order chi connectivity index (χ1) is 17.2. The van der Waals surface area contributed by atoms with Crippen molar-refractivity contribution in [1.82, 2.24) is 4.90 Å². The van der Waals surface area contributed by atoms with Crippen LogP contribution >= 0.6 is 11.3 Å². The number of amides is 1. The maximum atomic E-state index is 14.0. The summed E-state index contributed by atoms with van der Waals surface area (Å²) in [5, 5.41) is 1.14. The average molecular weight is 493 g/mol. The molecule has 0 spiro atoms. The molecule has 2 fully saturated rings. The molecular weight excluding hydrogens is 460 g/mol. The summed E-state index contributed by atoms with van der Waals surface area (Å²) < 4.78 is 16.9. The Morgan fingerprint density at radius 3 is 2.66 bits per heavy atom. The van der Waals surface area contributed by atoms with E-state index in [1.807, 2.05) is 47.4 Å². The first-order valence-corrected chi connectivity index (χ1v) is 13.1. The summed E-state index contributed by atoms with van der Waals surface area (Å²) >= 11 is 1.59. The minimum Gasteiger partial charge on any atom is -0.497 e. The molecule has 5 rings (SSSR count). The third-order valence-electron chi connectivity index (χ3n) is 6.55. The molecule has 2 aliphatic rings. The summed E-state index contributed by atoms with van der Waals surface area (Å²) in [6.45, 7) is 4.94. The third kappa shape index (κ3) is 5.69. The molecule has 2 saturated heterocycles. The molecule has 2 aliphatic heterocycles. The van der Waals surface area contributed by atoms with Gasteiger partial charge in [0.05, 0.1) is 36.3 Å². The second-order valence-electron chi connectivity index (χ2n) is 8.97. The number of benzene rings is 2. The Bertz CT molecular complexity index is 1120. The first-order valence-electron chi connectivity index (χ1n) is 12.3. The second kappa shape index (κ2) is 11.2. The zero-order valence-electron chi connectivity index (χ0n) is 20.2. The van der Waals surface area contributed by atoms with Gasteiger partial charge in [-0.3, -0.25) is 4.79 Å². The molecule has 2 aromatic carbocycles. The van der Waals surface area contributed by atoms with E-state index in [-0.39, 0.29) is 12.0 Å². The fourth-order valence-corrected chi connectivity index (χ4v) is 5.91. The maximum absolute atomic E-state index is 14.0. The Balaban J connectivity index is 1.47. The third-order valence-corrected chi connectivity index (χ3v) is 7.73. The topological polar surface area (TPSA) is 51.2 Å². The van der Waals surface area contributed by atoms with Crippen molar-refractivity contribution in [1.29, 1.82) is 0 Å². The first kappa shape index (κ1) is 23.9. The van der Waals surface area contributed by atoms with Crippen molar-refractivity contribution in [2.75, 3.05) is 51.5 Å². The van der Waals surface area contributed by atoms with Crippen molar-refractivity contribution in [3.63, 3.8) is 0 Å². The van der Waals surface area contributed by atoms with Gasteiger partial charge in [-0.15, -0.1) is 11.3 Å². The molecule has 0 aliphatic carbocycles. The normalized spacial score (nSPS) is 18.0. The molecule has 0 bridgehead atoms. The van der Waals surface area contributed by atoms with Crippen LogP contribution in [0.15, 0.2) is 60.7 Å². The summed E-state index contributed by atoms with van der Waals surface area (Å²) in [7, 11) is 1.67. The van der Waals surface area contributed by atoms with Crippen LogP contribution in [0.4, 0.5) is 5.00 Å². The molecule has 184 valence electrons. The van der Waals surface area contributed by atoms with E-state index in [0.717, 1.165) is 64.9 Å². The molecule has 1 aromatic heterocycles. The Hall–Kier alpha value is -2.87. The maximum Gasteiger partial charge on any atom is 0.264 e. The van der Waals surface area contributed by atoms with Gasteiger partial charge in [0.2, 0.25) is 0 Å². The lowest BCUT2D eigenvalue weighted by Crippen LogP contribution is -2.36. The number of carbonyl (C=O) groups excluding carboxylic acids is 1. The number of anilines is 1. The summed E-state index contributed by atoms with van der Waals surface area (Å²) in [6, 6.07) is 20.3. The highest BCUT2D eigenvalue weighted by Gasteiger charge is 2.27. The van der Waals surface area contributed by atoms with E-state index in [9.17, 15) is 4.79 Å². The Labute approximate surface area is 211 Å². The predicted molar refractivity (Wildman–Crippen MR) is 139 cm³/mol. The highest BCUT2D eigenvalue weighted by Crippen LogP contribution is 2.40. The number of thiophene rings is 1. The van der Waals surface area contributed by atoms with Crippen LogP contribution in [0.1, 0.15) is 28.1 Å². The van der Waals surface area contributed by atoms with Gasteiger partial charge in [0, 0.05) is 38.3 Å². The van der Waals surface area contributed by atoms with Crippen molar-refractivity contribution in [3.8, 4) is 16.9 Å². The zero-order valence-corrected chi connectivity index (χ0v) is 21.0. The fraction of sp³-hybridized carbons (Fsp3) is 0.393. The molecule has 35 heavy (non-hydrogen) atoms. The van der Waals surface area contributed by atoms with Crippen molar-refractivity contribution in [3.05, 3.63) is 71.1 Å². The molecule has 0 radical (unpaired) electrons. The van der Waals surface area contributed by atoms with Crippen LogP contribution < -0.4 is 9.64 Å². The quantitative estimate of drug-likeness (QED) is 0.439. The standard InChI is InChI=1S/C28H32N2O4S/c1-32-23-10-5-7-21(17-23)19-30(20-24-11-6-14-34-24)27(31)26-18-25(22-8-3-2-4-9-22)28(35-26)29-12-15-33-16-13-29/h2-5,7-10,17-18,24H,6,11-16,19-20H2,1H3. The van der Waals surface area contributed by atoms with Gasteiger partial charge in [-0.2, -0.15) is 0 Å². The number of hydrogen-bond donors (Lipinski definition) is 0. The van der Waals surface area contributed by atoms with E-state index >= 15 is 0 Å². The van der Waals surface area contributed by atoms with Crippen LogP contribution in [-0.2, 0) is 16.0 Å². The van der Waals surface area contributed by atoms with Crippen LogP contribution in [0.5, 0.6) is 5.75 Å². The van der Waals surface area contributed by atoms with Gasteiger partial charge >= 0.3 is 0 Å².